The number of rotatable bonds is 4. The zero-order valence-electron chi connectivity index (χ0n) is 14.2. The standard InChI is InChI=1S/C18H35N3/c1-16(2)18(8-9-19-14-18)15-20-12-6-17(7-13-20)21-10-4-3-5-11-21/h16-17,19H,3-15H2,1-2H3. The third kappa shape index (κ3) is 3.62. The molecule has 0 aromatic carbocycles. The fraction of sp³-hybridized carbons (Fsp3) is 1.00. The summed E-state index contributed by atoms with van der Waals surface area (Å²) in [5, 5.41) is 3.61. The molecule has 0 amide bonds. The molecular weight excluding hydrogens is 258 g/mol. The van der Waals surface area contributed by atoms with Gasteiger partial charge in [-0.25, -0.2) is 0 Å². The van der Waals surface area contributed by atoms with E-state index in [1.165, 1.54) is 84.3 Å². The van der Waals surface area contributed by atoms with Crippen LogP contribution >= 0.6 is 0 Å². The lowest BCUT2D eigenvalue weighted by Gasteiger charge is -2.44. The van der Waals surface area contributed by atoms with Gasteiger partial charge in [0.2, 0.25) is 0 Å². The van der Waals surface area contributed by atoms with Crippen LogP contribution in [0.4, 0.5) is 0 Å². The van der Waals surface area contributed by atoms with Crippen LogP contribution < -0.4 is 5.32 Å². The van der Waals surface area contributed by atoms with Gasteiger partial charge in [-0.2, -0.15) is 0 Å². The third-order valence-electron chi connectivity index (χ3n) is 6.50. The zero-order chi connectivity index (χ0) is 14.7. The van der Waals surface area contributed by atoms with Crippen molar-refractivity contribution in [2.24, 2.45) is 11.3 Å². The summed E-state index contributed by atoms with van der Waals surface area (Å²) in [6.45, 7) is 14.0. The first-order valence-electron chi connectivity index (χ1n) is 9.37. The molecule has 0 aromatic heterocycles. The van der Waals surface area contributed by atoms with E-state index in [0.29, 0.717) is 5.41 Å². The molecule has 3 heteroatoms. The second-order valence-electron chi connectivity index (χ2n) is 8.05. The first kappa shape index (κ1) is 15.8. The molecule has 1 atom stereocenters. The lowest BCUT2D eigenvalue weighted by molar-refractivity contribution is 0.0569. The van der Waals surface area contributed by atoms with Crippen LogP contribution in [0.3, 0.4) is 0 Å². The molecule has 21 heavy (non-hydrogen) atoms. The summed E-state index contributed by atoms with van der Waals surface area (Å²) in [4.78, 5) is 5.56. The Kier molecular flexibility index (Phi) is 5.23. The van der Waals surface area contributed by atoms with E-state index in [9.17, 15) is 0 Å². The minimum absolute atomic E-state index is 0.540. The minimum Gasteiger partial charge on any atom is -0.316 e. The number of piperidine rings is 2. The van der Waals surface area contributed by atoms with Crippen molar-refractivity contribution >= 4 is 0 Å². The lowest BCUT2D eigenvalue weighted by atomic mass is 9.75. The van der Waals surface area contributed by atoms with Crippen LogP contribution in [-0.2, 0) is 0 Å². The summed E-state index contributed by atoms with van der Waals surface area (Å²) in [5.74, 6) is 0.798. The van der Waals surface area contributed by atoms with Gasteiger partial charge in [-0.05, 0) is 76.2 Å². The maximum Gasteiger partial charge on any atom is 0.0120 e. The van der Waals surface area contributed by atoms with Crippen LogP contribution in [-0.4, -0.2) is 61.7 Å². The third-order valence-corrected chi connectivity index (χ3v) is 6.50. The lowest BCUT2D eigenvalue weighted by Crippen LogP contribution is -2.50. The number of likely N-dealkylation sites (tertiary alicyclic amines) is 2. The maximum atomic E-state index is 3.61. The first-order valence-corrected chi connectivity index (χ1v) is 9.37. The highest BCUT2D eigenvalue weighted by Crippen LogP contribution is 2.36. The molecule has 3 aliphatic heterocycles. The van der Waals surface area contributed by atoms with Gasteiger partial charge in [-0.1, -0.05) is 20.3 Å². The van der Waals surface area contributed by atoms with Gasteiger partial charge < -0.3 is 15.1 Å². The molecule has 3 aliphatic rings. The second kappa shape index (κ2) is 6.97. The summed E-state index contributed by atoms with van der Waals surface area (Å²) in [7, 11) is 0. The van der Waals surface area contributed by atoms with Crippen molar-refractivity contribution in [3.63, 3.8) is 0 Å². The predicted molar refractivity (Wildman–Crippen MR) is 89.6 cm³/mol. The molecule has 3 nitrogen and oxygen atoms in total. The predicted octanol–water partition coefficient (Wildman–Crippen LogP) is 2.57. The Bertz CT molecular complexity index is 308. The average Bonchev–Trinajstić information content (AvgIpc) is 2.99. The Labute approximate surface area is 131 Å². The fourth-order valence-corrected chi connectivity index (χ4v) is 4.74. The van der Waals surface area contributed by atoms with Gasteiger partial charge in [0.15, 0.2) is 0 Å². The molecule has 0 aromatic rings. The Morgan fingerprint density at radius 3 is 2.33 bits per heavy atom. The number of nitrogens with one attached hydrogen (secondary N) is 1. The van der Waals surface area contributed by atoms with E-state index < -0.39 is 0 Å². The first-order chi connectivity index (χ1) is 10.2. The summed E-state index contributed by atoms with van der Waals surface area (Å²) < 4.78 is 0. The largest absolute Gasteiger partial charge is 0.316 e. The molecule has 3 rings (SSSR count). The van der Waals surface area contributed by atoms with E-state index in [0.717, 1.165) is 12.0 Å². The highest BCUT2D eigenvalue weighted by Gasteiger charge is 2.39. The molecule has 0 saturated carbocycles. The smallest absolute Gasteiger partial charge is 0.0120 e. The van der Waals surface area contributed by atoms with E-state index in [2.05, 4.69) is 29.0 Å². The van der Waals surface area contributed by atoms with Gasteiger partial charge in [0.1, 0.15) is 0 Å². The second-order valence-corrected chi connectivity index (χ2v) is 8.05. The summed E-state index contributed by atoms with van der Waals surface area (Å²) in [6.07, 6.45) is 8.50. The van der Waals surface area contributed by atoms with Crippen LogP contribution in [0.15, 0.2) is 0 Å². The van der Waals surface area contributed by atoms with Crippen molar-refractivity contribution in [2.75, 3.05) is 45.8 Å². The number of nitrogens with zero attached hydrogens (tertiary/aromatic N) is 2. The van der Waals surface area contributed by atoms with Crippen LogP contribution in [0, 0.1) is 11.3 Å². The summed E-state index contributed by atoms with van der Waals surface area (Å²) >= 11 is 0. The Morgan fingerprint density at radius 2 is 1.76 bits per heavy atom. The van der Waals surface area contributed by atoms with Gasteiger partial charge in [0.05, 0.1) is 0 Å². The van der Waals surface area contributed by atoms with E-state index in [-0.39, 0.29) is 0 Å². The summed E-state index contributed by atoms with van der Waals surface area (Å²) in [5.41, 5.74) is 0.540. The van der Waals surface area contributed by atoms with Crippen molar-refractivity contribution in [2.45, 2.75) is 58.4 Å². The van der Waals surface area contributed by atoms with Gasteiger partial charge in [0, 0.05) is 19.1 Å². The van der Waals surface area contributed by atoms with Gasteiger partial charge in [-0.3, -0.25) is 0 Å². The van der Waals surface area contributed by atoms with Gasteiger partial charge in [-0.15, -0.1) is 0 Å². The van der Waals surface area contributed by atoms with Crippen LogP contribution in [0.2, 0.25) is 0 Å². The van der Waals surface area contributed by atoms with Crippen molar-refractivity contribution in [1.29, 1.82) is 0 Å². The monoisotopic (exact) mass is 293 g/mol. The van der Waals surface area contributed by atoms with Crippen LogP contribution in [0.1, 0.15) is 52.4 Å². The highest BCUT2D eigenvalue weighted by molar-refractivity contribution is 4.94. The molecule has 1 unspecified atom stereocenters. The molecule has 3 saturated heterocycles. The summed E-state index contributed by atoms with van der Waals surface area (Å²) in [6, 6.07) is 0.887. The topological polar surface area (TPSA) is 18.5 Å². The normalized spacial score (nSPS) is 33.9. The van der Waals surface area contributed by atoms with Crippen LogP contribution in [0.5, 0.6) is 0 Å². The molecule has 122 valence electrons. The molecule has 3 heterocycles. The fourth-order valence-electron chi connectivity index (χ4n) is 4.74. The van der Waals surface area contributed by atoms with E-state index in [1.54, 1.807) is 0 Å². The Hall–Kier alpha value is -0.120. The van der Waals surface area contributed by atoms with Crippen molar-refractivity contribution in [1.82, 2.24) is 15.1 Å². The van der Waals surface area contributed by atoms with E-state index in [4.69, 9.17) is 0 Å². The SMILES string of the molecule is CC(C)C1(CN2CCC(N3CCCCC3)CC2)CCNC1. The zero-order valence-corrected chi connectivity index (χ0v) is 14.2. The molecule has 0 bridgehead atoms. The molecule has 1 N–H and O–H groups in total. The van der Waals surface area contributed by atoms with Gasteiger partial charge >= 0.3 is 0 Å². The van der Waals surface area contributed by atoms with Crippen molar-refractivity contribution in [3.05, 3.63) is 0 Å². The highest BCUT2D eigenvalue weighted by atomic mass is 15.2. The Morgan fingerprint density at radius 1 is 1.05 bits per heavy atom. The molecule has 3 fully saturated rings. The van der Waals surface area contributed by atoms with Gasteiger partial charge in [0.25, 0.3) is 0 Å². The number of hydrogen-bond acceptors (Lipinski definition) is 3. The molecule has 0 spiro atoms. The number of hydrogen-bond donors (Lipinski definition) is 1. The Balaban J connectivity index is 1.49. The maximum absolute atomic E-state index is 3.61. The minimum atomic E-state index is 0.540. The van der Waals surface area contributed by atoms with E-state index in [1.807, 2.05) is 0 Å². The van der Waals surface area contributed by atoms with Crippen molar-refractivity contribution in [3.8, 4) is 0 Å². The van der Waals surface area contributed by atoms with Crippen LogP contribution in [0.25, 0.3) is 0 Å². The quantitative estimate of drug-likeness (QED) is 0.859. The van der Waals surface area contributed by atoms with E-state index >= 15 is 0 Å². The molecule has 0 aliphatic carbocycles. The molecule has 0 radical (unpaired) electrons. The van der Waals surface area contributed by atoms with Crippen molar-refractivity contribution < 1.29 is 0 Å². The molecular formula is C18H35N3. The average molecular weight is 293 g/mol.